The second-order valence-corrected chi connectivity index (χ2v) is 5.34. The molecule has 1 amide bonds. The zero-order chi connectivity index (χ0) is 17.4. The van der Waals surface area contributed by atoms with Gasteiger partial charge in [0.25, 0.3) is 11.5 Å². The Morgan fingerprint density at radius 2 is 1.71 bits per heavy atom. The number of aromatic nitrogens is 1. The molecule has 2 aromatic carbocycles. The van der Waals surface area contributed by atoms with E-state index in [-0.39, 0.29) is 5.39 Å². The van der Waals surface area contributed by atoms with Gasteiger partial charge in [-0.3, -0.25) is 15.0 Å². The van der Waals surface area contributed by atoms with E-state index in [2.05, 4.69) is 5.43 Å². The van der Waals surface area contributed by atoms with E-state index < -0.39 is 34.5 Å². The molecule has 0 unspecified atom stereocenters. The van der Waals surface area contributed by atoms with Gasteiger partial charge in [0.1, 0.15) is 23.0 Å². The van der Waals surface area contributed by atoms with Gasteiger partial charge in [0.15, 0.2) is 0 Å². The first-order valence-electron chi connectivity index (χ1n) is 6.63. The first kappa shape index (κ1) is 16.1. The number of nitrogens with one attached hydrogen (secondary N) is 1. The van der Waals surface area contributed by atoms with Gasteiger partial charge in [-0.15, -0.1) is 0 Å². The summed E-state index contributed by atoms with van der Waals surface area (Å²) >= 11 is 5.83. The number of rotatable bonds is 2. The molecule has 0 saturated heterocycles. The Kier molecular flexibility index (Phi) is 4.02. The zero-order valence-corrected chi connectivity index (χ0v) is 12.6. The molecule has 24 heavy (non-hydrogen) atoms. The molecule has 0 saturated carbocycles. The molecule has 0 aliphatic rings. The predicted octanol–water partition coefficient (Wildman–Crippen LogP) is 3.46. The number of pyridine rings is 1. The van der Waals surface area contributed by atoms with Crippen LogP contribution in [0.4, 0.5) is 13.2 Å². The van der Waals surface area contributed by atoms with Gasteiger partial charge in [0.2, 0.25) is 0 Å². The van der Waals surface area contributed by atoms with Crippen LogP contribution in [-0.2, 0) is 0 Å². The molecule has 122 valence electrons. The highest BCUT2D eigenvalue weighted by Gasteiger charge is 2.19. The first-order valence-corrected chi connectivity index (χ1v) is 7.01. The van der Waals surface area contributed by atoms with E-state index in [1.54, 1.807) is 12.1 Å². The van der Waals surface area contributed by atoms with Crippen LogP contribution in [0.25, 0.3) is 10.8 Å². The average molecular weight is 353 g/mol. The molecule has 0 aliphatic carbocycles. The number of hydrogen-bond acceptors (Lipinski definition) is 2. The summed E-state index contributed by atoms with van der Waals surface area (Å²) in [5.74, 6) is -5.13. The second kappa shape index (κ2) is 6.01. The molecule has 0 radical (unpaired) electrons. The summed E-state index contributed by atoms with van der Waals surface area (Å²) in [6.45, 7) is 0. The molecule has 8 heteroatoms. The van der Waals surface area contributed by atoms with E-state index in [9.17, 15) is 22.8 Å². The minimum Gasteiger partial charge on any atom is -0.267 e. The molecule has 3 aromatic rings. The Morgan fingerprint density at radius 1 is 1.04 bits per heavy atom. The van der Waals surface area contributed by atoms with Gasteiger partial charge in [-0.2, -0.15) is 0 Å². The molecule has 0 atom stereocenters. The van der Waals surface area contributed by atoms with Gasteiger partial charge in [-0.1, -0.05) is 17.7 Å². The van der Waals surface area contributed by atoms with Crippen LogP contribution in [0.5, 0.6) is 0 Å². The van der Waals surface area contributed by atoms with Crippen LogP contribution in [-0.4, -0.2) is 10.6 Å². The van der Waals surface area contributed by atoms with E-state index in [0.717, 1.165) is 4.68 Å². The van der Waals surface area contributed by atoms with Crippen LogP contribution in [0.3, 0.4) is 0 Å². The molecule has 1 N–H and O–H groups in total. The average Bonchev–Trinajstić information content (AvgIpc) is 2.49. The van der Waals surface area contributed by atoms with Crippen molar-refractivity contribution < 1.29 is 18.0 Å². The number of hydrogen-bond donors (Lipinski definition) is 1. The SMILES string of the molecule is O=C(Nn1ccc2ccc(Cl)cc2c1=O)c1c(F)cc(F)cc1F. The summed E-state index contributed by atoms with van der Waals surface area (Å²) in [5, 5.41) is 1.11. The van der Waals surface area contributed by atoms with Crippen LogP contribution in [0.1, 0.15) is 10.4 Å². The molecule has 4 nitrogen and oxygen atoms in total. The van der Waals surface area contributed by atoms with Gasteiger partial charge in [0, 0.05) is 23.4 Å². The standard InChI is InChI=1S/C16H8ClF3N2O2/c17-9-2-1-8-3-4-22(16(24)11(8)5-9)21-15(23)14-12(19)6-10(18)7-13(14)20/h1-7H,(H,21,23). The highest BCUT2D eigenvalue weighted by Crippen LogP contribution is 2.17. The molecule has 0 spiro atoms. The number of amides is 1. The van der Waals surface area contributed by atoms with E-state index >= 15 is 0 Å². The van der Waals surface area contributed by atoms with E-state index in [1.807, 2.05) is 0 Å². The summed E-state index contributed by atoms with van der Waals surface area (Å²) in [6.07, 6.45) is 1.23. The Balaban J connectivity index is 2.03. The third-order valence-electron chi connectivity index (χ3n) is 3.32. The van der Waals surface area contributed by atoms with Crippen LogP contribution < -0.4 is 11.0 Å². The monoisotopic (exact) mass is 352 g/mol. The van der Waals surface area contributed by atoms with Crippen molar-refractivity contribution in [2.24, 2.45) is 0 Å². The summed E-state index contributed by atoms with van der Waals surface area (Å²) in [6, 6.07) is 6.88. The Hall–Kier alpha value is -2.80. The fourth-order valence-corrected chi connectivity index (χ4v) is 2.40. The number of halogens is 4. The largest absolute Gasteiger partial charge is 0.277 e. The predicted molar refractivity (Wildman–Crippen MR) is 83.2 cm³/mol. The quantitative estimate of drug-likeness (QED) is 0.768. The van der Waals surface area contributed by atoms with Gasteiger partial charge in [-0.05, 0) is 23.6 Å². The van der Waals surface area contributed by atoms with Crippen molar-refractivity contribution in [2.45, 2.75) is 0 Å². The van der Waals surface area contributed by atoms with E-state index in [4.69, 9.17) is 11.6 Å². The normalized spacial score (nSPS) is 10.8. The molecule has 0 aliphatic heterocycles. The lowest BCUT2D eigenvalue weighted by atomic mass is 10.2. The van der Waals surface area contributed by atoms with Crippen molar-refractivity contribution in [3.05, 3.63) is 81.0 Å². The van der Waals surface area contributed by atoms with Gasteiger partial charge in [-0.25, -0.2) is 17.8 Å². The first-order chi connectivity index (χ1) is 11.4. The maximum absolute atomic E-state index is 13.6. The van der Waals surface area contributed by atoms with Gasteiger partial charge >= 0.3 is 0 Å². The Labute approximate surface area is 138 Å². The Morgan fingerprint density at radius 3 is 2.38 bits per heavy atom. The lowest BCUT2D eigenvalue weighted by Crippen LogP contribution is -2.33. The lowest BCUT2D eigenvalue weighted by molar-refractivity contribution is 0.0999. The summed E-state index contributed by atoms with van der Waals surface area (Å²) in [4.78, 5) is 24.3. The van der Waals surface area contributed by atoms with E-state index in [1.165, 1.54) is 18.3 Å². The lowest BCUT2D eigenvalue weighted by Gasteiger charge is -2.10. The fourth-order valence-electron chi connectivity index (χ4n) is 2.22. The minimum absolute atomic E-state index is 0.213. The number of carbonyl (C=O) groups excluding carboxylic acids is 1. The minimum atomic E-state index is -1.37. The van der Waals surface area contributed by atoms with Crippen molar-refractivity contribution in [2.75, 3.05) is 5.43 Å². The summed E-state index contributed by atoms with van der Waals surface area (Å²) in [5.41, 5.74) is 0.435. The number of nitrogens with zero attached hydrogens (tertiary/aromatic N) is 1. The summed E-state index contributed by atoms with van der Waals surface area (Å²) < 4.78 is 40.9. The maximum Gasteiger partial charge on any atom is 0.277 e. The van der Waals surface area contributed by atoms with Crippen molar-refractivity contribution >= 4 is 28.3 Å². The summed E-state index contributed by atoms with van der Waals surface area (Å²) in [7, 11) is 0. The molecule has 1 aromatic heterocycles. The maximum atomic E-state index is 13.6. The van der Waals surface area contributed by atoms with Crippen LogP contribution >= 0.6 is 11.6 Å². The van der Waals surface area contributed by atoms with E-state index in [0.29, 0.717) is 22.5 Å². The number of benzene rings is 2. The van der Waals surface area contributed by atoms with Crippen molar-refractivity contribution in [1.29, 1.82) is 0 Å². The van der Waals surface area contributed by atoms with Crippen molar-refractivity contribution in [1.82, 2.24) is 4.68 Å². The highest BCUT2D eigenvalue weighted by molar-refractivity contribution is 6.31. The topological polar surface area (TPSA) is 51.1 Å². The molecule has 1 heterocycles. The second-order valence-electron chi connectivity index (χ2n) is 4.91. The van der Waals surface area contributed by atoms with Crippen LogP contribution in [0.15, 0.2) is 47.4 Å². The smallest absolute Gasteiger partial charge is 0.267 e. The molecular formula is C16H8ClF3N2O2. The van der Waals surface area contributed by atoms with Gasteiger partial charge in [0.05, 0.1) is 5.39 Å². The van der Waals surface area contributed by atoms with Crippen LogP contribution in [0, 0.1) is 17.5 Å². The van der Waals surface area contributed by atoms with Gasteiger partial charge < -0.3 is 0 Å². The fraction of sp³-hybridized carbons (Fsp3) is 0. The zero-order valence-electron chi connectivity index (χ0n) is 11.8. The molecule has 0 fully saturated rings. The van der Waals surface area contributed by atoms with Crippen LogP contribution in [0.2, 0.25) is 5.02 Å². The van der Waals surface area contributed by atoms with Crippen molar-refractivity contribution in [3.8, 4) is 0 Å². The van der Waals surface area contributed by atoms with Crippen molar-refractivity contribution in [3.63, 3.8) is 0 Å². The molecule has 0 bridgehead atoms. The number of fused-ring (bicyclic) bond motifs is 1. The third-order valence-corrected chi connectivity index (χ3v) is 3.56. The Bertz CT molecular complexity index is 1010. The third kappa shape index (κ3) is 2.85. The number of carbonyl (C=O) groups is 1. The molecular weight excluding hydrogens is 345 g/mol. The molecule has 3 rings (SSSR count). The highest BCUT2D eigenvalue weighted by atomic mass is 35.5.